The molecule has 4 rings (SSSR count). The summed E-state index contributed by atoms with van der Waals surface area (Å²) < 4.78 is 7.55. The van der Waals surface area contributed by atoms with Crippen molar-refractivity contribution in [3.63, 3.8) is 0 Å². The third kappa shape index (κ3) is 1.30. The van der Waals surface area contributed by atoms with Gasteiger partial charge in [0.05, 0.1) is 18.1 Å². The summed E-state index contributed by atoms with van der Waals surface area (Å²) in [7, 11) is 1.68. The second-order valence-corrected chi connectivity index (χ2v) is 4.91. The topological polar surface area (TPSA) is 31.2 Å². The highest BCUT2D eigenvalue weighted by Gasteiger charge is 2.22. The van der Waals surface area contributed by atoms with Gasteiger partial charge in [0.2, 0.25) is 0 Å². The Kier molecular flexibility index (Phi) is 2.01. The van der Waals surface area contributed by atoms with E-state index < -0.39 is 0 Å². The van der Waals surface area contributed by atoms with Crippen LogP contribution in [0.15, 0.2) is 36.4 Å². The Morgan fingerprint density at radius 2 is 2.05 bits per heavy atom. The number of carbonyl (C=O) groups excluding carboxylic acids is 1. The van der Waals surface area contributed by atoms with E-state index in [-0.39, 0.29) is 5.78 Å². The Morgan fingerprint density at radius 1 is 1.16 bits per heavy atom. The molecular formula is C16H13NO2. The first kappa shape index (κ1) is 10.6. The number of carbonyl (C=O) groups is 1. The van der Waals surface area contributed by atoms with Crippen molar-refractivity contribution in [1.82, 2.24) is 4.57 Å². The first-order chi connectivity index (χ1) is 9.29. The Morgan fingerprint density at radius 3 is 2.89 bits per heavy atom. The lowest BCUT2D eigenvalue weighted by Gasteiger charge is -2.15. The third-order valence-electron chi connectivity index (χ3n) is 3.95. The van der Waals surface area contributed by atoms with Crippen LogP contribution < -0.4 is 4.74 Å². The number of hydrogen-bond acceptors (Lipinski definition) is 2. The van der Waals surface area contributed by atoms with Gasteiger partial charge < -0.3 is 9.30 Å². The molecule has 1 aliphatic heterocycles. The molecule has 0 unspecified atom stereocenters. The second-order valence-electron chi connectivity index (χ2n) is 4.91. The molecule has 0 saturated heterocycles. The summed E-state index contributed by atoms with van der Waals surface area (Å²) in [5.41, 5.74) is 3.07. The van der Waals surface area contributed by atoms with Gasteiger partial charge in [0, 0.05) is 35.4 Å². The Balaban J connectivity index is 2.24. The van der Waals surface area contributed by atoms with E-state index >= 15 is 0 Å². The van der Waals surface area contributed by atoms with Crippen molar-refractivity contribution in [2.24, 2.45) is 0 Å². The smallest absolute Gasteiger partial charge is 0.166 e. The molecule has 3 heteroatoms. The van der Waals surface area contributed by atoms with Crippen LogP contribution in [0.3, 0.4) is 0 Å². The van der Waals surface area contributed by atoms with Gasteiger partial charge in [0.15, 0.2) is 5.78 Å². The van der Waals surface area contributed by atoms with E-state index in [0.29, 0.717) is 6.42 Å². The predicted octanol–water partition coefficient (Wildman–Crippen LogP) is 3.39. The van der Waals surface area contributed by atoms with Gasteiger partial charge in [0.1, 0.15) is 5.75 Å². The molecule has 0 atom stereocenters. The lowest BCUT2D eigenvalue weighted by atomic mass is 10.0. The fourth-order valence-corrected chi connectivity index (χ4v) is 3.07. The molecular weight excluding hydrogens is 238 g/mol. The number of Topliss-reactive ketones (excluding diaryl/α,β-unsaturated/α-hetero) is 1. The van der Waals surface area contributed by atoms with Crippen LogP contribution in [0.1, 0.15) is 16.8 Å². The minimum Gasteiger partial charge on any atom is -0.497 e. The largest absolute Gasteiger partial charge is 0.497 e. The summed E-state index contributed by atoms with van der Waals surface area (Å²) in [6.07, 6.45) is 0.576. The van der Waals surface area contributed by atoms with Crippen LogP contribution in [0.5, 0.6) is 5.75 Å². The van der Waals surface area contributed by atoms with Gasteiger partial charge in [-0.15, -0.1) is 0 Å². The summed E-state index contributed by atoms with van der Waals surface area (Å²) in [5, 5.41) is 2.34. The Labute approximate surface area is 110 Å². The second kappa shape index (κ2) is 3.60. The van der Waals surface area contributed by atoms with Crippen LogP contribution in [0, 0.1) is 0 Å². The van der Waals surface area contributed by atoms with Crippen LogP contribution in [-0.4, -0.2) is 17.5 Å². The summed E-state index contributed by atoms with van der Waals surface area (Å²) in [4.78, 5) is 12.0. The SMILES string of the molecule is COc1ccc2c3cccc4c3n(c2c1)CCC4=O. The number of ether oxygens (including phenoxy) is 1. The van der Waals surface area contributed by atoms with E-state index in [9.17, 15) is 4.79 Å². The highest BCUT2D eigenvalue weighted by atomic mass is 16.5. The lowest BCUT2D eigenvalue weighted by Crippen LogP contribution is -2.13. The van der Waals surface area contributed by atoms with Crippen LogP contribution in [0.4, 0.5) is 0 Å². The maximum Gasteiger partial charge on any atom is 0.166 e. The number of nitrogens with zero attached hydrogens (tertiary/aromatic N) is 1. The molecule has 1 aliphatic rings. The molecule has 0 spiro atoms. The molecule has 1 aromatic heterocycles. The van der Waals surface area contributed by atoms with E-state index in [1.165, 1.54) is 5.39 Å². The van der Waals surface area contributed by atoms with E-state index in [1.54, 1.807) is 7.11 Å². The first-order valence-corrected chi connectivity index (χ1v) is 6.42. The standard InChI is InChI=1S/C16H13NO2/c1-19-10-5-6-11-12-3-2-4-13-15(18)7-8-17(16(12)13)14(11)9-10/h2-6,9H,7-8H2,1H3. The van der Waals surface area contributed by atoms with Crippen LogP contribution >= 0.6 is 0 Å². The monoisotopic (exact) mass is 251 g/mol. The Hall–Kier alpha value is -2.29. The van der Waals surface area contributed by atoms with Crippen molar-refractivity contribution in [2.45, 2.75) is 13.0 Å². The molecule has 0 fully saturated rings. The van der Waals surface area contributed by atoms with Gasteiger partial charge in [-0.2, -0.15) is 0 Å². The number of aryl methyl sites for hydroxylation is 1. The maximum absolute atomic E-state index is 12.0. The van der Waals surface area contributed by atoms with Gasteiger partial charge in [0.25, 0.3) is 0 Å². The van der Waals surface area contributed by atoms with E-state index in [4.69, 9.17) is 4.74 Å². The lowest BCUT2D eigenvalue weighted by molar-refractivity contribution is 0.0974. The average molecular weight is 251 g/mol. The van der Waals surface area contributed by atoms with Gasteiger partial charge in [-0.3, -0.25) is 4.79 Å². The van der Waals surface area contributed by atoms with Gasteiger partial charge >= 0.3 is 0 Å². The van der Waals surface area contributed by atoms with Crippen molar-refractivity contribution in [3.8, 4) is 5.75 Å². The van der Waals surface area contributed by atoms with Crippen LogP contribution in [-0.2, 0) is 6.54 Å². The molecule has 3 nitrogen and oxygen atoms in total. The number of ketones is 1. The number of para-hydroxylation sites is 1. The summed E-state index contributed by atoms with van der Waals surface area (Å²) in [6, 6.07) is 12.1. The Bertz CT molecular complexity index is 829. The minimum atomic E-state index is 0.243. The van der Waals surface area contributed by atoms with Crippen molar-refractivity contribution in [2.75, 3.05) is 7.11 Å². The van der Waals surface area contributed by atoms with Gasteiger partial charge in [-0.1, -0.05) is 12.1 Å². The number of hydrogen-bond donors (Lipinski definition) is 0. The highest BCUT2D eigenvalue weighted by molar-refractivity contribution is 6.17. The fourth-order valence-electron chi connectivity index (χ4n) is 3.07. The van der Waals surface area contributed by atoms with E-state index in [2.05, 4.69) is 22.8 Å². The molecule has 0 radical (unpaired) electrons. The van der Waals surface area contributed by atoms with Crippen LogP contribution in [0.25, 0.3) is 21.8 Å². The number of benzene rings is 2. The molecule has 94 valence electrons. The summed E-state index contributed by atoms with van der Waals surface area (Å²) in [5.74, 6) is 1.10. The maximum atomic E-state index is 12.0. The molecule has 0 amide bonds. The van der Waals surface area contributed by atoms with E-state index in [1.807, 2.05) is 18.2 Å². The number of rotatable bonds is 1. The van der Waals surface area contributed by atoms with E-state index in [0.717, 1.165) is 34.3 Å². The van der Waals surface area contributed by atoms with Crippen molar-refractivity contribution in [3.05, 3.63) is 42.0 Å². The minimum absolute atomic E-state index is 0.243. The zero-order chi connectivity index (χ0) is 13.0. The number of fused-ring (bicyclic) bond motifs is 3. The van der Waals surface area contributed by atoms with Gasteiger partial charge in [-0.05, 0) is 18.2 Å². The molecule has 0 saturated carbocycles. The normalized spacial score (nSPS) is 14.3. The van der Waals surface area contributed by atoms with Crippen molar-refractivity contribution < 1.29 is 9.53 Å². The molecule has 19 heavy (non-hydrogen) atoms. The fraction of sp³-hybridized carbons (Fsp3) is 0.188. The third-order valence-corrected chi connectivity index (χ3v) is 3.95. The highest BCUT2D eigenvalue weighted by Crippen LogP contribution is 2.35. The number of methoxy groups -OCH3 is 1. The molecule has 0 N–H and O–H groups in total. The molecule has 0 bridgehead atoms. The summed E-state index contributed by atoms with van der Waals surface area (Å²) >= 11 is 0. The number of aromatic nitrogens is 1. The summed E-state index contributed by atoms with van der Waals surface area (Å²) in [6.45, 7) is 0.753. The van der Waals surface area contributed by atoms with Gasteiger partial charge in [-0.25, -0.2) is 0 Å². The predicted molar refractivity (Wildman–Crippen MR) is 74.9 cm³/mol. The van der Waals surface area contributed by atoms with Crippen molar-refractivity contribution in [1.29, 1.82) is 0 Å². The first-order valence-electron chi connectivity index (χ1n) is 6.42. The molecule has 3 aromatic rings. The molecule has 2 heterocycles. The zero-order valence-corrected chi connectivity index (χ0v) is 10.6. The van der Waals surface area contributed by atoms with Crippen LogP contribution in [0.2, 0.25) is 0 Å². The molecule has 0 aliphatic carbocycles. The van der Waals surface area contributed by atoms with Crippen molar-refractivity contribution >= 4 is 27.6 Å². The average Bonchev–Trinajstić information content (AvgIpc) is 2.78. The quantitative estimate of drug-likeness (QED) is 0.663. The zero-order valence-electron chi connectivity index (χ0n) is 10.6. The molecule has 2 aromatic carbocycles.